The van der Waals surface area contributed by atoms with Gasteiger partial charge in [0, 0.05) is 13.1 Å². The number of amides is 1. The molecule has 0 saturated carbocycles. The Hall–Kier alpha value is 0.170. The van der Waals surface area contributed by atoms with Crippen LogP contribution < -0.4 is 0 Å². The molecule has 0 aromatic heterocycles. The Kier molecular flexibility index (Phi) is 5.86. The minimum atomic E-state index is 0. The fourth-order valence-electron chi connectivity index (χ4n) is 0.913. The van der Waals surface area contributed by atoms with Crippen molar-refractivity contribution in [2.24, 2.45) is 0 Å². The van der Waals surface area contributed by atoms with Crippen molar-refractivity contribution in [1.82, 2.24) is 4.90 Å². The van der Waals surface area contributed by atoms with Gasteiger partial charge in [-0.3, -0.25) is 4.79 Å². The van der Waals surface area contributed by atoms with Crippen LogP contribution >= 0.6 is 0 Å². The number of carbonyl (C=O) groups is 1. The van der Waals surface area contributed by atoms with E-state index in [1.807, 2.05) is 0 Å². The molecule has 0 aromatic carbocycles. The minimum absolute atomic E-state index is 0. The fraction of sp³-hybridized carbons (Fsp3) is 0.571. The summed E-state index contributed by atoms with van der Waals surface area (Å²) in [6.45, 7) is 6.11. The number of nitrogens with zero attached hydrogens (tertiary/aromatic N) is 1. The van der Waals surface area contributed by atoms with E-state index in [4.69, 9.17) is 4.74 Å². The van der Waals surface area contributed by atoms with Crippen molar-refractivity contribution in [1.29, 1.82) is 0 Å². The van der Waals surface area contributed by atoms with Gasteiger partial charge in [-0.05, 0) is 6.08 Å². The van der Waals surface area contributed by atoms with Gasteiger partial charge in [0.15, 0.2) is 0 Å². The van der Waals surface area contributed by atoms with Crippen LogP contribution in [0.3, 0.4) is 0 Å². The van der Waals surface area contributed by atoms with E-state index in [0.717, 1.165) is 0 Å². The normalized spacial score (nSPS) is 16.9. The molecular weight excluding hydrogens is 153 g/mol. The van der Waals surface area contributed by atoms with Crippen molar-refractivity contribution in [2.45, 2.75) is 0 Å². The average Bonchev–Trinajstić information content (AvgIpc) is 2.05. The maximum atomic E-state index is 10.9. The molecular formula is C7H12NNaO2. The average molecular weight is 165 g/mol. The van der Waals surface area contributed by atoms with E-state index in [0.29, 0.717) is 26.3 Å². The summed E-state index contributed by atoms with van der Waals surface area (Å²) in [5.74, 6) is 0.00306. The number of hydrogen-bond donors (Lipinski definition) is 0. The Bertz CT molecular complexity index is 143. The first-order valence-electron chi connectivity index (χ1n) is 3.33. The van der Waals surface area contributed by atoms with Crippen LogP contribution in [-0.4, -0.2) is 66.7 Å². The van der Waals surface area contributed by atoms with Gasteiger partial charge in [-0.15, -0.1) is 0 Å². The number of carbonyl (C=O) groups excluding carboxylic acids is 1. The van der Waals surface area contributed by atoms with Crippen molar-refractivity contribution in [3.63, 3.8) is 0 Å². The molecule has 1 heterocycles. The molecule has 0 bridgehead atoms. The summed E-state index contributed by atoms with van der Waals surface area (Å²) >= 11 is 0. The van der Waals surface area contributed by atoms with E-state index in [1.54, 1.807) is 4.90 Å². The Labute approximate surface area is 88.7 Å². The summed E-state index contributed by atoms with van der Waals surface area (Å²) in [4.78, 5) is 12.7. The topological polar surface area (TPSA) is 29.5 Å². The van der Waals surface area contributed by atoms with Crippen molar-refractivity contribution >= 4 is 35.5 Å². The van der Waals surface area contributed by atoms with E-state index < -0.39 is 0 Å². The Morgan fingerprint density at radius 3 is 2.45 bits per heavy atom. The standard InChI is InChI=1S/C7H11NO2.Na.H/c1-2-7(9)8-3-5-10-6-4-8;;/h2H,1,3-6H2;;. The van der Waals surface area contributed by atoms with E-state index in [9.17, 15) is 4.79 Å². The van der Waals surface area contributed by atoms with Crippen LogP contribution in [0.5, 0.6) is 0 Å². The molecule has 0 aromatic rings. The first-order valence-corrected chi connectivity index (χ1v) is 3.33. The van der Waals surface area contributed by atoms with Crippen molar-refractivity contribution in [3.8, 4) is 0 Å². The zero-order valence-electron chi connectivity index (χ0n) is 5.88. The molecule has 0 aliphatic carbocycles. The summed E-state index contributed by atoms with van der Waals surface area (Å²) in [7, 11) is 0. The second-order valence-corrected chi connectivity index (χ2v) is 2.14. The van der Waals surface area contributed by atoms with Crippen molar-refractivity contribution < 1.29 is 9.53 Å². The third-order valence-electron chi connectivity index (χ3n) is 1.50. The molecule has 1 aliphatic rings. The fourth-order valence-corrected chi connectivity index (χ4v) is 0.913. The van der Waals surface area contributed by atoms with E-state index in [-0.39, 0.29) is 35.5 Å². The van der Waals surface area contributed by atoms with Crippen LogP contribution in [0.2, 0.25) is 0 Å². The van der Waals surface area contributed by atoms with Gasteiger partial charge in [-0.25, -0.2) is 0 Å². The Morgan fingerprint density at radius 2 is 2.00 bits per heavy atom. The monoisotopic (exact) mass is 165 g/mol. The van der Waals surface area contributed by atoms with Crippen LogP contribution in [0.1, 0.15) is 0 Å². The summed E-state index contributed by atoms with van der Waals surface area (Å²) in [6, 6.07) is 0. The van der Waals surface area contributed by atoms with E-state index in [1.165, 1.54) is 6.08 Å². The van der Waals surface area contributed by atoms with Crippen LogP contribution in [0.4, 0.5) is 0 Å². The van der Waals surface area contributed by atoms with E-state index >= 15 is 0 Å². The molecule has 58 valence electrons. The van der Waals surface area contributed by atoms with Crippen LogP contribution in [0.25, 0.3) is 0 Å². The van der Waals surface area contributed by atoms with E-state index in [2.05, 4.69) is 6.58 Å². The molecule has 1 amide bonds. The van der Waals surface area contributed by atoms with Gasteiger partial charge >= 0.3 is 29.6 Å². The molecule has 3 nitrogen and oxygen atoms in total. The van der Waals surface area contributed by atoms with Gasteiger partial charge < -0.3 is 9.64 Å². The molecule has 0 spiro atoms. The second-order valence-electron chi connectivity index (χ2n) is 2.14. The van der Waals surface area contributed by atoms with Gasteiger partial charge in [0.05, 0.1) is 13.2 Å². The molecule has 1 rings (SSSR count). The molecule has 4 heteroatoms. The molecule has 1 aliphatic heterocycles. The van der Waals surface area contributed by atoms with Gasteiger partial charge in [0.1, 0.15) is 0 Å². The number of morpholine rings is 1. The summed E-state index contributed by atoms with van der Waals surface area (Å²) in [5.41, 5.74) is 0. The molecule has 0 N–H and O–H groups in total. The zero-order chi connectivity index (χ0) is 7.40. The zero-order valence-corrected chi connectivity index (χ0v) is 5.88. The molecule has 0 unspecified atom stereocenters. The SMILES string of the molecule is C=CC(=O)N1CCOCC1.[NaH]. The Morgan fingerprint density at radius 1 is 1.45 bits per heavy atom. The summed E-state index contributed by atoms with van der Waals surface area (Å²) < 4.78 is 5.07. The van der Waals surface area contributed by atoms with Gasteiger partial charge in [0.2, 0.25) is 5.91 Å². The third kappa shape index (κ3) is 3.38. The molecule has 1 saturated heterocycles. The van der Waals surface area contributed by atoms with Crippen molar-refractivity contribution in [3.05, 3.63) is 12.7 Å². The quantitative estimate of drug-likeness (QED) is 0.383. The maximum absolute atomic E-state index is 10.9. The second kappa shape index (κ2) is 5.77. The summed E-state index contributed by atoms with van der Waals surface area (Å²) in [6.07, 6.45) is 1.34. The predicted octanol–water partition coefficient (Wildman–Crippen LogP) is -0.617. The molecule has 11 heavy (non-hydrogen) atoms. The van der Waals surface area contributed by atoms with Crippen LogP contribution in [0, 0.1) is 0 Å². The predicted molar refractivity (Wildman–Crippen MR) is 44.7 cm³/mol. The third-order valence-corrected chi connectivity index (χ3v) is 1.50. The number of rotatable bonds is 1. The molecule has 0 atom stereocenters. The molecule has 0 radical (unpaired) electrons. The summed E-state index contributed by atoms with van der Waals surface area (Å²) in [5, 5.41) is 0. The molecule has 1 fully saturated rings. The first kappa shape index (κ1) is 11.2. The van der Waals surface area contributed by atoms with Crippen molar-refractivity contribution in [2.75, 3.05) is 26.3 Å². The number of ether oxygens (including phenoxy) is 1. The van der Waals surface area contributed by atoms with Crippen LogP contribution in [0.15, 0.2) is 12.7 Å². The van der Waals surface area contributed by atoms with Gasteiger partial charge in [0.25, 0.3) is 0 Å². The van der Waals surface area contributed by atoms with Gasteiger partial charge in [-0.1, -0.05) is 6.58 Å². The van der Waals surface area contributed by atoms with Crippen LogP contribution in [-0.2, 0) is 9.53 Å². The number of hydrogen-bond acceptors (Lipinski definition) is 2. The van der Waals surface area contributed by atoms with Gasteiger partial charge in [-0.2, -0.15) is 0 Å². The first-order chi connectivity index (χ1) is 4.84. The Balaban J connectivity index is 0.000001000.